The third-order valence-corrected chi connectivity index (χ3v) is 2.66. The van der Waals surface area contributed by atoms with Crippen LogP contribution in [0.2, 0.25) is 0 Å². The van der Waals surface area contributed by atoms with Crippen molar-refractivity contribution < 1.29 is 14.6 Å². The van der Waals surface area contributed by atoms with Crippen LogP contribution in [0.5, 0.6) is 11.5 Å². The number of nitrogens with one attached hydrogen (secondary N) is 1. The van der Waals surface area contributed by atoms with Crippen LogP contribution in [0.1, 0.15) is 11.1 Å². The largest absolute Gasteiger partial charge is 0.508 e. The van der Waals surface area contributed by atoms with Gasteiger partial charge >= 0.3 is 0 Å². The van der Waals surface area contributed by atoms with Crippen molar-refractivity contribution in [2.24, 2.45) is 0 Å². The summed E-state index contributed by atoms with van der Waals surface area (Å²) < 4.78 is 13.3. The summed E-state index contributed by atoms with van der Waals surface area (Å²) in [5.41, 5.74) is 1.24. The zero-order valence-electron chi connectivity index (χ0n) is 9.73. The second kappa shape index (κ2) is 5.51. The molecule has 18 heavy (non-hydrogen) atoms. The standard InChI is InChI=1S/C14H14FNO2/c15-13-4-2-1-3-10(13)8-16-9-11-5-6-12(17)7-14(11)18/h1-7,16-18H,8-9H2. The van der Waals surface area contributed by atoms with Crippen molar-refractivity contribution in [2.75, 3.05) is 0 Å². The lowest BCUT2D eigenvalue weighted by atomic mass is 10.1. The third kappa shape index (κ3) is 2.99. The maximum Gasteiger partial charge on any atom is 0.127 e. The first-order chi connectivity index (χ1) is 8.66. The van der Waals surface area contributed by atoms with Crippen molar-refractivity contribution in [3.8, 4) is 11.5 Å². The van der Waals surface area contributed by atoms with E-state index in [2.05, 4.69) is 5.32 Å². The highest BCUT2D eigenvalue weighted by Gasteiger charge is 2.03. The number of aromatic hydroxyl groups is 2. The van der Waals surface area contributed by atoms with Crippen molar-refractivity contribution in [3.05, 3.63) is 59.4 Å². The Morgan fingerprint density at radius 2 is 1.67 bits per heavy atom. The molecule has 0 bridgehead atoms. The second-order valence-corrected chi connectivity index (χ2v) is 4.01. The number of hydrogen-bond donors (Lipinski definition) is 3. The summed E-state index contributed by atoms with van der Waals surface area (Å²) in [6.45, 7) is 0.785. The van der Waals surface area contributed by atoms with Gasteiger partial charge in [-0.3, -0.25) is 0 Å². The highest BCUT2D eigenvalue weighted by atomic mass is 19.1. The average molecular weight is 247 g/mol. The molecule has 3 N–H and O–H groups in total. The van der Waals surface area contributed by atoms with Gasteiger partial charge in [0.05, 0.1) is 0 Å². The smallest absolute Gasteiger partial charge is 0.127 e. The van der Waals surface area contributed by atoms with Gasteiger partial charge in [-0.15, -0.1) is 0 Å². The van der Waals surface area contributed by atoms with Crippen molar-refractivity contribution in [1.29, 1.82) is 0 Å². The van der Waals surface area contributed by atoms with E-state index in [1.165, 1.54) is 18.2 Å². The predicted molar refractivity (Wildman–Crippen MR) is 66.7 cm³/mol. The maximum atomic E-state index is 13.3. The molecule has 3 nitrogen and oxygen atoms in total. The minimum atomic E-state index is -0.250. The molecular weight excluding hydrogens is 233 g/mol. The first-order valence-corrected chi connectivity index (χ1v) is 5.62. The van der Waals surface area contributed by atoms with E-state index in [4.69, 9.17) is 5.11 Å². The van der Waals surface area contributed by atoms with Crippen LogP contribution in [-0.2, 0) is 13.1 Å². The fraction of sp³-hybridized carbons (Fsp3) is 0.143. The van der Waals surface area contributed by atoms with Crippen LogP contribution < -0.4 is 5.32 Å². The highest BCUT2D eigenvalue weighted by molar-refractivity contribution is 5.38. The Hall–Kier alpha value is -2.07. The van der Waals surface area contributed by atoms with E-state index in [0.29, 0.717) is 24.2 Å². The number of halogens is 1. The highest BCUT2D eigenvalue weighted by Crippen LogP contribution is 2.22. The number of phenolic OH excluding ortho intramolecular Hbond substituents is 2. The number of benzene rings is 2. The van der Waals surface area contributed by atoms with Gasteiger partial charge in [-0.05, 0) is 12.1 Å². The molecule has 4 heteroatoms. The van der Waals surface area contributed by atoms with E-state index in [1.54, 1.807) is 24.3 Å². The molecule has 0 saturated carbocycles. The molecule has 94 valence electrons. The lowest BCUT2D eigenvalue weighted by Crippen LogP contribution is -2.13. The van der Waals surface area contributed by atoms with E-state index in [0.717, 1.165) is 0 Å². The molecular formula is C14H14FNO2. The van der Waals surface area contributed by atoms with Gasteiger partial charge in [-0.2, -0.15) is 0 Å². The zero-order valence-corrected chi connectivity index (χ0v) is 9.73. The number of hydrogen-bond acceptors (Lipinski definition) is 3. The Balaban J connectivity index is 1.95. The quantitative estimate of drug-likeness (QED) is 0.778. The van der Waals surface area contributed by atoms with E-state index >= 15 is 0 Å². The Labute approximate surface area is 105 Å². The molecule has 0 spiro atoms. The van der Waals surface area contributed by atoms with Crippen LogP contribution >= 0.6 is 0 Å². The van der Waals surface area contributed by atoms with Crippen LogP contribution in [0.25, 0.3) is 0 Å². The summed E-state index contributed by atoms with van der Waals surface area (Å²) in [5, 5.41) is 21.8. The molecule has 2 aromatic carbocycles. The lowest BCUT2D eigenvalue weighted by molar-refractivity contribution is 0.443. The van der Waals surface area contributed by atoms with Crippen LogP contribution in [0.3, 0.4) is 0 Å². The average Bonchev–Trinajstić information content (AvgIpc) is 2.34. The molecule has 0 aliphatic rings. The molecule has 0 saturated heterocycles. The lowest BCUT2D eigenvalue weighted by Gasteiger charge is -2.08. The van der Waals surface area contributed by atoms with Crippen LogP contribution in [0, 0.1) is 5.82 Å². The van der Waals surface area contributed by atoms with Crippen molar-refractivity contribution in [3.63, 3.8) is 0 Å². The summed E-state index contributed by atoms with van der Waals surface area (Å²) in [4.78, 5) is 0. The van der Waals surface area contributed by atoms with Crippen molar-refractivity contribution in [1.82, 2.24) is 5.32 Å². The summed E-state index contributed by atoms with van der Waals surface area (Å²) >= 11 is 0. The fourth-order valence-electron chi connectivity index (χ4n) is 1.68. The summed E-state index contributed by atoms with van der Waals surface area (Å²) in [6.07, 6.45) is 0. The van der Waals surface area contributed by atoms with Gasteiger partial charge in [-0.1, -0.05) is 24.3 Å². The first-order valence-electron chi connectivity index (χ1n) is 5.62. The molecule has 0 radical (unpaired) electrons. The minimum Gasteiger partial charge on any atom is -0.508 e. The minimum absolute atomic E-state index is 0.0188. The summed E-state index contributed by atoms with van der Waals surface area (Å²) in [5.74, 6) is -0.207. The van der Waals surface area contributed by atoms with Crippen LogP contribution in [-0.4, -0.2) is 10.2 Å². The van der Waals surface area contributed by atoms with Gasteiger partial charge in [-0.25, -0.2) is 4.39 Å². The molecule has 0 unspecified atom stereocenters. The molecule has 0 atom stereocenters. The van der Waals surface area contributed by atoms with Gasteiger partial charge < -0.3 is 15.5 Å². The monoisotopic (exact) mass is 247 g/mol. The Bertz CT molecular complexity index is 543. The number of rotatable bonds is 4. The molecule has 0 aliphatic carbocycles. The maximum absolute atomic E-state index is 13.3. The van der Waals surface area contributed by atoms with E-state index < -0.39 is 0 Å². The second-order valence-electron chi connectivity index (χ2n) is 4.01. The molecule has 0 aliphatic heterocycles. The predicted octanol–water partition coefficient (Wildman–Crippen LogP) is 2.53. The van der Waals surface area contributed by atoms with Gasteiger partial charge in [0.2, 0.25) is 0 Å². The van der Waals surface area contributed by atoms with Crippen LogP contribution in [0.15, 0.2) is 42.5 Å². The van der Waals surface area contributed by atoms with E-state index in [-0.39, 0.29) is 17.3 Å². The molecule has 0 heterocycles. The molecule has 2 aromatic rings. The Morgan fingerprint density at radius 1 is 0.944 bits per heavy atom. The third-order valence-electron chi connectivity index (χ3n) is 2.66. The van der Waals surface area contributed by atoms with Crippen molar-refractivity contribution in [2.45, 2.75) is 13.1 Å². The van der Waals surface area contributed by atoms with Gasteiger partial charge in [0.15, 0.2) is 0 Å². The van der Waals surface area contributed by atoms with Crippen LogP contribution in [0.4, 0.5) is 4.39 Å². The van der Waals surface area contributed by atoms with E-state index in [9.17, 15) is 9.50 Å². The van der Waals surface area contributed by atoms with Gasteiger partial charge in [0.1, 0.15) is 17.3 Å². The SMILES string of the molecule is Oc1ccc(CNCc2ccccc2F)c(O)c1. The molecule has 0 amide bonds. The molecule has 2 rings (SSSR count). The fourth-order valence-corrected chi connectivity index (χ4v) is 1.68. The first kappa shape index (κ1) is 12.4. The molecule has 0 fully saturated rings. The van der Waals surface area contributed by atoms with Gasteiger partial charge in [0, 0.05) is 30.3 Å². The Morgan fingerprint density at radius 3 is 2.39 bits per heavy atom. The topological polar surface area (TPSA) is 52.5 Å². The van der Waals surface area contributed by atoms with E-state index in [1.807, 2.05) is 0 Å². The summed E-state index contributed by atoms with van der Waals surface area (Å²) in [6, 6.07) is 10.9. The Kier molecular flexibility index (Phi) is 3.79. The normalized spacial score (nSPS) is 10.5. The van der Waals surface area contributed by atoms with Crippen molar-refractivity contribution >= 4 is 0 Å². The van der Waals surface area contributed by atoms with Gasteiger partial charge in [0.25, 0.3) is 0 Å². The zero-order chi connectivity index (χ0) is 13.0. The summed E-state index contributed by atoms with van der Waals surface area (Å²) in [7, 11) is 0. The number of phenols is 2. The molecule has 0 aromatic heterocycles.